The summed E-state index contributed by atoms with van der Waals surface area (Å²) in [4.78, 5) is 21.9. The van der Waals surface area contributed by atoms with Gasteiger partial charge in [0.1, 0.15) is 18.0 Å². The Hall–Kier alpha value is -1.84. The fourth-order valence-corrected chi connectivity index (χ4v) is 2.21. The van der Waals surface area contributed by atoms with E-state index in [9.17, 15) is 19.4 Å². The van der Waals surface area contributed by atoms with Crippen LogP contribution in [0.1, 0.15) is 19.0 Å². The predicted molar refractivity (Wildman–Crippen MR) is 64.5 cm³/mol. The molecule has 2 aromatic rings. The van der Waals surface area contributed by atoms with Crippen LogP contribution in [-0.4, -0.2) is 48.5 Å². The number of aromatic nitrogens is 4. The summed E-state index contributed by atoms with van der Waals surface area (Å²) >= 11 is 0. The Morgan fingerprint density at radius 2 is 2.25 bits per heavy atom. The number of fused-ring (bicyclic) bond motifs is 1. The van der Waals surface area contributed by atoms with Crippen molar-refractivity contribution in [1.82, 2.24) is 19.5 Å². The van der Waals surface area contributed by atoms with Crippen LogP contribution in [0.25, 0.3) is 11.2 Å². The van der Waals surface area contributed by atoms with Crippen molar-refractivity contribution >= 4 is 11.2 Å². The van der Waals surface area contributed by atoms with Crippen LogP contribution in [0.5, 0.6) is 0 Å². The average molecular weight is 284 g/mol. The molecule has 0 amide bonds. The lowest BCUT2D eigenvalue weighted by Gasteiger charge is -2.16. The maximum absolute atomic E-state index is 14.0. The molecule has 0 aromatic carbocycles. The van der Waals surface area contributed by atoms with Gasteiger partial charge in [-0.05, 0) is 0 Å². The van der Waals surface area contributed by atoms with Crippen molar-refractivity contribution in [1.29, 1.82) is 0 Å². The predicted octanol–water partition coefficient (Wildman–Crippen LogP) is -0.928. The van der Waals surface area contributed by atoms with Gasteiger partial charge in [-0.2, -0.15) is 9.37 Å². The summed E-state index contributed by atoms with van der Waals surface area (Å²) in [6, 6.07) is 0. The van der Waals surface area contributed by atoms with E-state index in [-0.39, 0.29) is 17.8 Å². The van der Waals surface area contributed by atoms with E-state index >= 15 is 0 Å². The zero-order chi connectivity index (χ0) is 14.4. The molecule has 20 heavy (non-hydrogen) atoms. The zero-order valence-corrected chi connectivity index (χ0v) is 10.6. The average Bonchev–Trinajstić information content (AvgIpc) is 2.91. The van der Waals surface area contributed by atoms with Crippen molar-refractivity contribution in [3.05, 3.63) is 22.3 Å². The summed E-state index contributed by atoms with van der Waals surface area (Å²) in [5.41, 5.74) is -0.740. The van der Waals surface area contributed by atoms with Gasteiger partial charge in [0.2, 0.25) is 0 Å². The first-order valence-corrected chi connectivity index (χ1v) is 6.17. The summed E-state index contributed by atoms with van der Waals surface area (Å²) in [5.74, 6) is 0.372. The normalized spacial score (nSPS) is 26.5. The number of nitrogens with zero attached hydrogens (tertiary/aromatic N) is 3. The highest BCUT2D eigenvalue weighted by Gasteiger charge is 2.38. The number of aliphatic hydroxyl groups excluding tert-OH is 2. The second kappa shape index (κ2) is 4.62. The standard InChI is InChI=1S/C11H13FN4O4/c1-2-5-13-8-6(9(19)14-5)15-11(12)16(8)10-7(18)4(17)3-20-10/h4,7,10,17-18H,2-3H2,1H3,(H,13,14,19). The lowest BCUT2D eigenvalue weighted by atomic mass is 10.2. The second-order valence-electron chi connectivity index (χ2n) is 4.57. The maximum atomic E-state index is 14.0. The van der Waals surface area contributed by atoms with Crippen LogP contribution in [0.3, 0.4) is 0 Å². The molecular formula is C11H13FN4O4. The number of H-pyrrole nitrogens is 1. The quantitative estimate of drug-likeness (QED) is 0.614. The molecule has 3 unspecified atom stereocenters. The number of imidazole rings is 1. The Balaban J connectivity index is 2.22. The summed E-state index contributed by atoms with van der Waals surface area (Å²) in [7, 11) is 0. The first kappa shape index (κ1) is 13.2. The van der Waals surface area contributed by atoms with E-state index in [0.717, 1.165) is 4.57 Å². The molecule has 1 aliphatic heterocycles. The molecule has 0 aliphatic carbocycles. The highest BCUT2D eigenvalue weighted by Crippen LogP contribution is 2.27. The van der Waals surface area contributed by atoms with E-state index in [0.29, 0.717) is 12.2 Å². The first-order chi connectivity index (χ1) is 9.52. The molecule has 0 saturated carbocycles. The largest absolute Gasteiger partial charge is 0.388 e. The number of ether oxygens (including phenoxy) is 1. The highest BCUT2D eigenvalue weighted by atomic mass is 19.1. The Bertz CT molecular complexity index is 712. The molecule has 0 radical (unpaired) electrons. The molecule has 1 fully saturated rings. The minimum Gasteiger partial charge on any atom is -0.388 e. The Kier molecular flexibility index (Phi) is 3.04. The summed E-state index contributed by atoms with van der Waals surface area (Å²) in [5, 5.41) is 19.3. The van der Waals surface area contributed by atoms with Crippen molar-refractivity contribution < 1.29 is 19.3 Å². The third-order valence-corrected chi connectivity index (χ3v) is 3.27. The van der Waals surface area contributed by atoms with Gasteiger partial charge in [0, 0.05) is 6.42 Å². The van der Waals surface area contributed by atoms with Gasteiger partial charge in [-0.3, -0.25) is 9.36 Å². The molecule has 0 bridgehead atoms. The van der Waals surface area contributed by atoms with Gasteiger partial charge in [-0.1, -0.05) is 6.92 Å². The number of rotatable bonds is 2. The minimum absolute atomic E-state index is 0.0127. The fourth-order valence-electron chi connectivity index (χ4n) is 2.21. The molecule has 3 atom stereocenters. The number of aromatic amines is 1. The van der Waals surface area contributed by atoms with Gasteiger partial charge in [-0.25, -0.2) is 4.98 Å². The zero-order valence-electron chi connectivity index (χ0n) is 10.6. The van der Waals surface area contributed by atoms with Crippen molar-refractivity contribution in [3.8, 4) is 0 Å². The Morgan fingerprint density at radius 3 is 2.85 bits per heavy atom. The van der Waals surface area contributed by atoms with Crippen LogP contribution in [0.15, 0.2) is 4.79 Å². The van der Waals surface area contributed by atoms with Gasteiger partial charge >= 0.3 is 0 Å². The lowest BCUT2D eigenvalue weighted by molar-refractivity contribution is -0.0224. The number of hydrogen-bond donors (Lipinski definition) is 3. The summed E-state index contributed by atoms with van der Waals surface area (Å²) < 4.78 is 20.0. The van der Waals surface area contributed by atoms with Gasteiger partial charge in [0.05, 0.1) is 6.61 Å². The van der Waals surface area contributed by atoms with E-state index in [1.165, 1.54) is 0 Å². The number of aliphatic hydroxyl groups is 2. The highest BCUT2D eigenvalue weighted by molar-refractivity contribution is 5.69. The van der Waals surface area contributed by atoms with E-state index in [2.05, 4.69) is 15.0 Å². The van der Waals surface area contributed by atoms with Crippen LogP contribution in [0.4, 0.5) is 4.39 Å². The van der Waals surface area contributed by atoms with E-state index in [1.807, 2.05) is 0 Å². The van der Waals surface area contributed by atoms with Crippen LogP contribution >= 0.6 is 0 Å². The molecule has 1 saturated heterocycles. The third-order valence-electron chi connectivity index (χ3n) is 3.27. The Morgan fingerprint density at radius 1 is 1.50 bits per heavy atom. The maximum Gasteiger partial charge on any atom is 0.293 e. The molecule has 2 aromatic heterocycles. The van der Waals surface area contributed by atoms with Crippen LogP contribution in [0, 0.1) is 6.08 Å². The van der Waals surface area contributed by atoms with Gasteiger partial charge < -0.3 is 19.9 Å². The minimum atomic E-state index is -1.31. The second-order valence-corrected chi connectivity index (χ2v) is 4.57. The molecule has 3 heterocycles. The molecular weight excluding hydrogens is 271 g/mol. The van der Waals surface area contributed by atoms with Crippen molar-refractivity contribution in [2.75, 3.05) is 6.61 Å². The van der Waals surface area contributed by atoms with Crippen LogP contribution in [-0.2, 0) is 11.2 Å². The molecule has 108 valence electrons. The molecule has 8 nitrogen and oxygen atoms in total. The van der Waals surface area contributed by atoms with Gasteiger partial charge in [0.25, 0.3) is 11.6 Å². The Labute approximate surface area is 111 Å². The van der Waals surface area contributed by atoms with E-state index in [1.54, 1.807) is 6.92 Å². The van der Waals surface area contributed by atoms with Crippen molar-refractivity contribution in [2.45, 2.75) is 31.8 Å². The van der Waals surface area contributed by atoms with E-state index < -0.39 is 30.1 Å². The van der Waals surface area contributed by atoms with Crippen molar-refractivity contribution in [2.24, 2.45) is 0 Å². The van der Waals surface area contributed by atoms with Crippen molar-refractivity contribution in [3.63, 3.8) is 0 Å². The summed E-state index contributed by atoms with van der Waals surface area (Å²) in [6.45, 7) is 1.65. The van der Waals surface area contributed by atoms with Crippen LogP contribution < -0.4 is 5.56 Å². The molecule has 3 N–H and O–H groups in total. The smallest absolute Gasteiger partial charge is 0.293 e. The number of nitrogens with one attached hydrogen (secondary N) is 1. The molecule has 1 aliphatic rings. The van der Waals surface area contributed by atoms with Gasteiger partial charge in [0.15, 0.2) is 17.4 Å². The topological polar surface area (TPSA) is 113 Å². The SMILES string of the molecule is CCc1nc2c(nc(F)n2C2OCC(O)C2O)c(=O)[nH]1. The number of aryl methyl sites for hydroxylation is 1. The lowest BCUT2D eigenvalue weighted by Crippen LogP contribution is -2.29. The van der Waals surface area contributed by atoms with Crippen LogP contribution in [0.2, 0.25) is 0 Å². The molecule has 0 spiro atoms. The number of hydrogen-bond acceptors (Lipinski definition) is 6. The third kappa shape index (κ3) is 1.82. The van der Waals surface area contributed by atoms with Gasteiger partial charge in [-0.15, -0.1) is 0 Å². The molecule has 3 rings (SSSR count). The fraction of sp³-hybridized carbons (Fsp3) is 0.545. The van der Waals surface area contributed by atoms with E-state index in [4.69, 9.17) is 4.74 Å². The molecule has 9 heteroatoms. The monoisotopic (exact) mass is 284 g/mol. The number of halogens is 1. The first-order valence-electron chi connectivity index (χ1n) is 6.17. The summed E-state index contributed by atoms with van der Waals surface area (Å²) in [6.07, 6.45) is -4.13.